The van der Waals surface area contributed by atoms with Gasteiger partial charge in [-0.1, -0.05) is 36.4 Å². The van der Waals surface area contributed by atoms with Crippen LogP contribution in [0.25, 0.3) is 0 Å². The van der Waals surface area contributed by atoms with E-state index in [2.05, 4.69) is 30.4 Å². The number of hydrogen-bond acceptors (Lipinski definition) is 2. The third-order valence-corrected chi connectivity index (χ3v) is 4.69. The number of hydrogen-bond donors (Lipinski definition) is 1. The summed E-state index contributed by atoms with van der Waals surface area (Å²) in [5, 5.41) is 3.10. The van der Waals surface area contributed by atoms with Gasteiger partial charge >= 0.3 is 6.03 Å². The average Bonchev–Trinajstić information content (AvgIpc) is 3.05. The molecule has 0 radical (unpaired) electrons. The Morgan fingerprint density at radius 1 is 1.12 bits per heavy atom. The second-order valence-electron chi connectivity index (χ2n) is 6.55. The molecule has 4 nitrogen and oxygen atoms in total. The maximum Gasteiger partial charge on any atom is 0.322 e. The molecule has 1 fully saturated rings. The number of aryl methyl sites for hydroxylation is 1. The summed E-state index contributed by atoms with van der Waals surface area (Å²) in [6.45, 7) is 2.92. The van der Waals surface area contributed by atoms with Gasteiger partial charge in [-0.25, -0.2) is 4.79 Å². The van der Waals surface area contributed by atoms with Crippen molar-refractivity contribution in [3.63, 3.8) is 0 Å². The fourth-order valence-electron chi connectivity index (χ4n) is 3.45. The normalized spacial score (nSPS) is 17.0. The van der Waals surface area contributed by atoms with Crippen LogP contribution in [0.4, 0.5) is 16.2 Å². The van der Waals surface area contributed by atoms with Gasteiger partial charge in [-0.2, -0.15) is 0 Å². The minimum atomic E-state index is -0.0185. The zero-order chi connectivity index (χ0) is 17.1. The summed E-state index contributed by atoms with van der Waals surface area (Å²) in [5.74, 6) is 0. The van der Waals surface area contributed by atoms with Gasteiger partial charge < -0.3 is 15.1 Å². The maximum atomic E-state index is 12.9. The van der Waals surface area contributed by atoms with Gasteiger partial charge in [0.15, 0.2) is 0 Å². The van der Waals surface area contributed by atoms with E-state index < -0.39 is 0 Å². The topological polar surface area (TPSA) is 35.6 Å². The van der Waals surface area contributed by atoms with Gasteiger partial charge in [-0.05, 0) is 43.0 Å². The molecule has 1 N–H and O–H groups in total. The van der Waals surface area contributed by atoms with Crippen LogP contribution in [0.2, 0.25) is 0 Å². The van der Waals surface area contributed by atoms with E-state index in [1.165, 1.54) is 11.1 Å². The molecule has 2 aromatic rings. The summed E-state index contributed by atoms with van der Waals surface area (Å²) in [6, 6.07) is 16.4. The van der Waals surface area contributed by atoms with Crippen molar-refractivity contribution in [3.05, 3.63) is 59.7 Å². The van der Waals surface area contributed by atoms with Gasteiger partial charge in [0.25, 0.3) is 0 Å². The van der Waals surface area contributed by atoms with Crippen molar-refractivity contribution in [1.82, 2.24) is 4.90 Å². The fourth-order valence-corrected chi connectivity index (χ4v) is 3.45. The van der Waals surface area contributed by atoms with Crippen LogP contribution in [0.15, 0.2) is 48.5 Å². The molecule has 1 saturated heterocycles. The highest BCUT2D eigenvalue weighted by Gasteiger charge is 2.31. The molecule has 0 aromatic heterocycles. The highest BCUT2D eigenvalue weighted by atomic mass is 16.2. The Labute approximate surface area is 144 Å². The van der Waals surface area contributed by atoms with E-state index in [0.717, 1.165) is 30.8 Å². The summed E-state index contributed by atoms with van der Waals surface area (Å²) in [4.78, 5) is 16.9. The Morgan fingerprint density at radius 3 is 2.58 bits per heavy atom. The second kappa shape index (κ2) is 6.95. The van der Waals surface area contributed by atoms with Gasteiger partial charge in [0, 0.05) is 20.6 Å². The molecular weight excluding hydrogens is 298 g/mol. The van der Waals surface area contributed by atoms with E-state index in [9.17, 15) is 4.79 Å². The van der Waals surface area contributed by atoms with Crippen molar-refractivity contribution >= 4 is 17.4 Å². The predicted octanol–water partition coefficient (Wildman–Crippen LogP) is 4.43. The Hall–Kier alpha value is -2.49. The number of carbonyl (C=O) groups excluding carboxylic acids is 1. The molecule has 4 heteroatoms. The van der Waals surface area contributed by atoms with Crippen molar-refractivity contribution in [2.24, 2.45) is 0 Å². The lowest BCUT2D eigenvalue weighted by Crippen LogP contribution is -2.35. The number of rotatable bonds is 3. The zero-order valence-corrected chi connectivity index (χ0v) is 14.6. The SMILES string of the molecule is Cc1ccccc1C1CCCN1C(=O)Nc1ccccc1N(C)C. The highest BCUT2D eigenvalue weighted by Crippen LogP contribution is 2.34. The summed E-state index contributed by atoms with van der Waals surface area (Å²) < 4.78 is 0. The molecule has 1 aliphatic heterocycles. The molecule has 2 amide bonds. The van der Waals surface area contributed by atoms with Crippen LogP contribution in [0, 0.1) is 6.92 Å². The number of benzene rings is 2. The summed E-state index contributed by atoms with van der Waals surface area (Å²) >= 11 is 0. The maximum absolute atomic E-state index is 12.9. The van der Waals surface area contributed by atoms with E-state index in [1.54, 1.807) is 0 Å². The Bertz CT molecular complexity index is 726. The number of nitrogens with one attached hydrogen (secondary N) is 1. The molecule has 1 aliphatic rings. The lowest BCUT2D eigenvalue weighted by atomic mass is 9.99. The first kappa shape index (κ1) is 16.4. The Balaban J connectivity index is 1.81. The van der Waals surface area contributed by atoms with Crippen molar-refractivity contribution in [2.45, 2.75) is 25.8 Å². The van der Waals surface area contributed by atoms with Gasteiger partial charge in [0.2, 0.25) is 0 Å². The molecule has 1 heterocycles. The van der Waals surface area contributed by atoms with Crippen LogP contribution < -0.4 is 10.2 Å². The quantitative estimate of drug-likeness (QED) is 0.907. The number of urea groups is 1. The third kappa shape index (κ3) is 3.23. The molecule has 24 heavy (non-hydrogen) atoms. The molecule has 126 valence electrons. The summed E-state index contributed by atoms with van der Waals surface area (Å²) in [7, 11) is 3.97. The number of amides is 2. The van der Waals surface area contributed by atoms with E-state index in [4.69, 9.17) is 0 Å². The smallest absolute Gasteiger partial charge is 0.322 e. The molecule has 3 rings (SSSR count). The van der Waals surface area contributed by atoms with Gasteiger partial charge in [0.1, 0.15) is 0 Å². The van der Waals surface area contributed by atoms with Crippen molar-refractivity contribution < 1.29 is 4.79 Å². The zero-order valence-electron chi connectivity index (χ0n) is 14.6. The van der Waals surface area contributed by atoms with E-state index in [-0.39, 0.29) is 12.1 Å². The van der Waals surface area contributed by atoms with Crippen LogP contribution in [0.1, 0.15) is 30.0 Å². The Kier molecular flexibility index (Phi) is 4.74. The minimum Gasteiger partial charge on any atom is -0.376 e. The fraction of sp³-hybridized carbons (Fsp3) is 0.350. The van der Waals surface area contributed by atoms with Gasteiger partial charge in [-0.3, -0.25) is 0 Å². The standard InChI is InChI=1S/C20H25N3O/c1-15-9-4-5-10-16(15)18-13-8-14-23(18)20(24)21-17-11-6-7-12-19(17)22(2)3/h4-7,9-12,18H,8,13-14H2,1-3H3,(H,21,24). The molecule has 0 spiro atoms. The summed E-state index contributed by atoms with van der Waals surface area (Å²) in [6.07, 6.45) is 2.06. The highest BCUT2D eigenvalue weighted by molar-refractivity contribution is 5.93. The molecular formula is C20H25N3O. The van der Waals surface area contributed by atoms with Crippen molar-refractivity contribution in [1.29, 1.82) is 0 Å². The Morgan fingerprint density at radius 2 is 1.83 bits per heavy atom. The molecule has 2 aromatic carbocycles. The number of nitrogens with zero attached hydrogens (tertiary/aromatic N) is 2. The summed E-state index contributed by atoms with van der Waals surface area (Å²) in [5.41, 5.74) is 4.36. The minimum absolute atomic E-state index is 0.0185. The lowest BCUT2D eigenvalue weighted by Gasteiger charge is -2.27. The largest absolute Gasteiger partial charge is 0.376 e. The first-order chi connectivity index (χ1) is 11.6. The number of anilines is 2. The van der Waals surface area contributed by atoms with E-state index in [1.807, 2.05) is 54.2 Å². The van der Waals surface area contributed by atoms with Crippen LogP contribution in [0.5, 0.6) is 0 Å². The molecule has 1 unspecified atom stereocenters. The van der Waals surface area contributed by atoms with Crippen LogP contribution >= 0.6 is 0 Å². The number of likely N-dealkylation sites (tertiary alicyclic amines) is 1. The first-order valence-corrected chi connectivity index (χ1v) is 8.47. The van der Waals surface area contributed by atoms with E-state index >= 15 is 0 Å². The van der Waals surface area contributed by atoms with Crippen molar-refractivity contribution in [3.8, 4) is 0 Å². The second-order valence-corrected chi connectivity index (χ2v) is 6.55. The lowest BCUT2D eigenvalue weighted by molar-refractivity contribution is 0.207. The molecule has 0 aliphatic carbocycles. The molecule has 1 atom stereocenters. The number of carbonyl (C=O) groups is 1. The number of para-hydroxylation sites is 2. The van der Waals surface area contributed by atoms with Crippen LogP contribution in [-0.4, -0.2) is 31.6 Å². The monoisotopic (exact) mass is 323 g/mol. The van der Waals surface area contributed by atoms with E-state index in [0.29, 0.717) is 0 Å². The van der Waals surface area contributed by atoms with Gasteiger partial charge in [0.05, 0.1) is 17.4 Å². The van der Waals surface area contributed by atoms with Crippen molar-refractivity contribution in [2.75, 3.05) is 30.9 Å². The third-order valence-electron chi connectivity index (χ3n) is 4.69. The average molecular weight is 323 g/mol. The molecule has 0 saturated carbocycles. The molecule has 0 bridgehead atoms. The predicted molar refractivity (Wildman–Crippen MR) is 99.6 cm³/mol. The van der Waals surface area contributed by atoms with Crippen LogP contribution in [-0.2, 0) is 0 Å². The van der Waals surface area contributed by atoms with Gasteiger partial charge in [-0.15, -0.1) is 0 Å². The van der Waals surface area contributed by atoms with Crippen LogP contribution in [0.3, 0.4) is 0 Å². The first-order valence-electron chi connectivity index (χ1n) is 8.47.